The summed E-state index contributed by atoms with van der Waals surface area (Å²) in [7, 11) is -6.62. The Morgan fingerprint density at radius 1 is 0.897 bits per heavy atom. The van der Waals surface area contributed by atoms with Crippen molar-refractivity contribution < 1.29 is 26.4 Å². The van der Waals surface area contributed by atoms with Gasteiger partial charge in [0.1, 0.15) is 0 Å². The molecule has 0 unspecified atom stereocenters. The van der Waals surface area contributed by atoms with Crippen molar-refractivity contribution in [1.82, 2.24) is 8.61 Å². The molecule has 1 aliphatic rings. The van der Waals surface area contributed by atoms with Crippen molar-refractivity contribution in [2.75, 3.05) is 33.3 Å². The Hall–Kier alpha value is -1.98. The predicted octanol–water partition coefficient (Wildman–Crippen LogP) is 1.82. The number of sulfonamides is 2. The van der Waals surface area contributed by atoms with E-state index >= 15 is 0 Å². The number of rotatable bonds is 5. The summed E-state index contributed by atoms with van der Waals surface area (Å²) in [6.07, 6.45) is 0. The quantitative estimate of drug-likeness (QED) is 0.633. The van der Waals surface area contributed by atoms with Gasteiger partial charge in [0.2, 0.25) is 20.0 Å². The summed E-state index contributed by atoms with van der Waals surface area (Å²) in [6.45, 7) is -0.127. The molecule has 0 bridgehead atoms. The molecule has 1 saturated heterocycles. The second-order valence-electron chi connectivity index (χ2n) is 6.25. The van der Waals surface area contributed by atoms with Crippen LogP contribution in [0.4, 0.5) is 0 Å². The molecule has 0 saturated carbocycles. The molecule has 2 aromatic rings. The molecule has 0 amide bonds. The number of ether oxygens (including phenoxy) is 1. The molecule has 0 spiro atoms. The fourth-order valence-corrected chi connectivity index (χ4v) is 6.36. The first-order chi connectivity index (χ1) is 13.7. The summed E-state index contributed by atoms with van der Waals surface area (Å²) < 4.78 is 58.7. The van der Waals surface area contributed by atoms with E-state index in [4.69, 9.17) is 11.6 Å². The number of methoxy groups -OCH3 is 1. The maximum Gasteiger partial charge on any atom is 0.339 e. The molecule has 0 aliphatic carbocycles. The zero-order chi connectivity index (χ0) is 21.2. The van der Waals surface area contributed by atoms with Gasteiger partial charge in [-0.3, -0.25) is 0 Å². The molecule has 11 heteroatoms. The molecule has 0 aromatic heterocycles. The fraction of sp³-hybridized carbons (Fsp3) is 0.278. The average Bonchev–Trinajstić information content (AvgIpc) is 2.73. The van der Waals surface area contributed by atoms with Crippen LogP contribution in [-0.4, -0.2) is 64.7 Å². The second kappa shape index (κ2) is 8.41. The minimum atomic E-state index is -4.00. The summed E-state index contributed by atoms with van der Waals surface area (Å²) in [5.41, 5.74) is -0.0658. The van der Waals surface area contributed by atoms with E-state index in [1.807, 2.05) is 0 Å². The first-order valence-electron chi connectivity index (χ1n) is 8.61. The second-order valence-corrected chi connectivity index (χ2v) is 10.5. The maximum atomic E-state index is 13.0. The number of hydrogen-bond acceptors (Lipinski definition) is 6. The predicted molar refractivity (Wildman–Crippen MR) is 107 cm³/mol. The van der Waals surface area contributed by atoms with Crippen LogP contribution in [0.1, 0.15) is 10.4 Å². The van der Waals surface area contributed by atoms with Crippen molar-refractivity contribution in [3.05, 3.63) is 59.1 Å². The molecule has 29 heavy (non-hydrogen) atoms. The Morgan fingerprint density at radius 2 is 1.48 bits per heavy atom. The Balaban J connectivity index is 1.81. The molecule has 1 fully saturated rings. The molecule has 8 nitrogen and oxygen atoms in total. The standard InChI is InChI=1S/C18H19ClN2O6S2/c1-27-18(22)16-7-2-3-8-17(16)29(25,26)21-11-9-20(10-12-21)28(23,24)15-6-4-5-14(19)13-15/h2-8,13H,9-12H2,1H3. The van der Waals surface area contributed by atoms with Crippen molar-refractivity contribution in [1.29, 1.82) is 0 Å². The number of piperazine rings is 1. The van der Waals surface area contributed by atoms with Crippen molar-refractivity contribution in [3.8, 4) is 0 Å². The Bertz CT molecular complexity index is 1130. The van der Waals surface area contributed by atoms with E-state index in [0.29, 0.717) is 5.02 Å². The number of carbonyl (C=O) groups excluding carboxylic acids is 1. The molecular formula is C18H19ClN2O6S2. The molecule has 2 aromatic carbocycles. The molecule has 1 heterocycles. The van der Waals surface area contributed by atoms with E-state index in [1.165, 1.54) is 46.1 Å². The van der Waals surface area contributed by atoms with Crippen LogP contribution in [-0.2, 0) is 24.8 Å². The zero-order valence-corrected chi connectivity index (χ0v) is 17.9. The first-order valence-corrected chi connectivity index (χ1v) is 11.9. The van der Waals surface area contributed by atoms with Gasteiger partial charge in [-0.2, -0.15) is 8.61 Å². The van der Waals surface area contributed by atoms with Gasteiger partial charge in [-0.05, 0) is 30.3 Å². The molecule has 0 N–H and O–H groups in total. The van der Waals surface area contributed by atoms with Gasteiger partial charge in [-0.1, -0.05) is 29.8 Å². The lowest BCUT2D eigenvalue weighted by Crippen LogP contribution is -2.50. The number of nitrogens with zero attached hydrogens (tertiary/aromatic N) is 2. The lowest BCUT2D eigenvalue weighted by Gasteiger charge is -2.33. The number of hydrogen-bond donors (Lipinski definition) is 0. The molecule has 1 aliphatic heterocycles. The van der Waals surface area contributed by atoms with Gasteiger partial charge < -0.3 is 4.74 Å². The van der Waals surface area contributed by atoms with Crippen molar-refractivity contribution in [2.45, 2.75) is 9.79 Å². The Labute approximate surface area is 174 Å². The molecule has 156 valence electrons. The van der Waals surface area contributed by atoms with Crippen molar-refractivity contribution >= 4 is 37.6 Å². The number of carbonyl (C=O) groups is 1. The average molecular weight is 459 g/mol. The van der Waals surface area contributed by atoms with Crippen LogP contribution in [0.15, 0.2) is 58.3 Å². The topological polar surface area (TPSA) is 101 Å². The fourth-order valence-electron chi connectivity index (χ4n) is 3.04. The summed E-state index contributed by atoms with van der Waals surface area (Å²) in [4.78, 5) is 11.8. The third-order valence-electron chi connectivity index (χ3n) is 4.54. The van der Waals surface area contributed by atoms with E-state index < -0.39 is 26.0 Å². The van der Waals surface area contributed by atoms with Crippen LogP contribution >= 0.6 is 11.6 Å². The number of halogens is 1. The minimum absolute atomic E-state index is 0.0194. The minimum Gasteiger partial charge on any atom is -0.465 e. The monoisotopic (exact) mass is 458 g/mol. The molecule has 0 atom stereocenters. The summed E-state index contributed by atoms with van der Waals surface area (Å²) in [5, 5.41) is 0.298. The van der Waals surface area contributed by atoms with Crippen LogP contribution in [0.25, 0.3) is 0 Å². The van der Waals surface area contributed by atoms with Gasteiger partial charge in [-0.15, -0.1) is 0 Å². The van der Waals surface area contributed by atoms with E-state index in [9.17, 15) is 21.6 Å². The smallest absolute Gasteiger partial charge is 0.339 e. The van der Waals surface area contributed by atoms with Gasteiger partial charge in [0.05, 0.1) is 22.5 Å². The summed E-state index contributed by atoms with van der Waals surface area (Å²) in [6, 6.07) is 11.7. The lowest BCUT2D eigenvalue weighted by atomic mass is 10.2. The summed E-state index contributed by atoms with van der Waals surface area (Å²) >= 11 is 5.88. The third kappa shape index (κ3) is 4.31. The highest BCUT2D eigenvalue weighted by Gasteiger charge is 2.35. The van der Waals surface area contributed by atoms with Gasteiger partial charge in [0.15, 0.2) is 0 Å². The van der Waals surface area contributed by atoms with E-state index in [0.717, 1.165) is 0 Å². The van der Waals surface area contributed by atoms with Crippen molar-refractivity contribution in [3.63, 3.8) is 0 Å². The highest BCUT2D eigenvalue weighted by Crippen LogP contribution is 2.25. The van der Waals surface area contributed by atoms with Gasteiger partial charge in [0, 0.05) is 31.2 Å². The normalized spacial score (nSPS) is 16.5. The highest BCUT2D eigenvalue weighted by atomic mass is 35.5. The Kier molecular flexibility index (Phi) is 6.30. The third-order valence-corrected chi connectivity index (χ3v) is 8.63. The highest BCUT2D eigenvalue weighted by molar-refractivity contribution is 7.89. The SMILES string of the molecule is COC(=O)c1ccccc1S(=O)(=O)N1CCN(S(=O)(=O)c2cccc(Cl)c2)CC1. The molecule has 3 rings (SSSR count). The van der Waals surface area contributed by atoms with Crippen molar-refractivity contribution in [2.24, 2.45) is 0 Å². The van der Waals surface area contributed by atoms with Crippen LogP contribution in [0.2, 0.25) is 5.02 Å². The number of esters is 1. The molecule has 0 radical (unpaired) electrons. The zero-order valence-electron chi connectivity index (χ0n) is 15.5. The van der Waals surface area contributed by atoms with E-state index in [1.54, 1.807) is 18.2 Å². The van der Waals surface area contributed by atoms with Gasteiger partial charge in [-0.25, -0.2) is 21.6 Å². The first kappa shape index (κ1) is 21.7. The van der Waals surface area contributed by atoms with Crippen LogP contribution in [0, 0.1) is 0 Å². The maximum absolute atomic E-state index is 13.0. The molecular weight excluding hydrogens is 440 g/mol. The number of benzene rings is 2. The van der Waals surface area contributed by atoms with Crippen LogP contribution in [0.5, 0.6) is 0 Å². The lowest BCUT2D eigenvalue weighted by molar-refractivity contribution is 0.0596. The van der Waals surface area contributed by atoms with E-state index in [-0.39, 0.29) is 41.5 Å². The summed E-state index contributed by atoms with van der Waals surface area (Å²) in [5.74, 6) is -0.758. The van der Waals surface area contributed by atoms with Gasteiger partial charge >= 0.3 is 5.97 Å². The van der Waals surface area contributed by atoms with E-state index in [2.05, 4.69) is 4.74 Å². The Morgan fingerprint density at radius 3 is 2.07 bits per heavy atom. The van der Waals surface area contributed by atoms with Crippen LogP contribution < -0.4 is 0 Å². The van der Waals surface area contributed by atoms with Gasteiger partial charge in [0.25, 0.3) is 0 Å². The largest absolute Gasteiger partial charge is 0.465 e. The van der Waals surface area contributed by atoms with Crippen LogP contribution in [0.3, 0.4) is 0 Å².